The summed E-state index contributed by atoms with van der Waals surface area (Å²) in [6, 6.07) is 8.50. The van der Waals surface area contributed by atoms with E-state index in [9.17, 15) is 0 Å². The summed E-state index contributed by atoms with van der Waals surface area (Å²) in [5.41, 5.74) is 3.94. The van der Waals surface area contributed by atoms with Crippen molar-refractivity contribution in [2.24, 2.45) is 0 Å². The van der Waals surface area contributed by atoms with Gasteiger partial charge in [-0.2, -0.15) is 0 Å². The number of para-hydroxylation sites is 1. The summed E-state index contributed by atoms with van der Waals surface area (Å²) in [5.74, 6) is 1.21. The number of hydrogen-bond acceptors (Lipinski definition) is 2. The van der Waals surface area contributed by atoms with Gasteiger partial charge in [0, 0.05) is 12.0 Å². The van der Waals surface area contributed by atoms with E-state index in [1.54, 1.807) is 0 Å². The van der Waals surface area contributed by atoms with Crippen molar-refractivity contribution < 1.29 is 4.74 Å². The first-order valence-electron chi connectivity index (χ1n) is 5.75. The Morgan fingerprint density at radius 3 is 2.88 bits per heavy atom. The van der Waals surface area contributed by atoms with Gasteiger partial charge in [0.2, 0.25) is 0 Å². The molecule has 0 N–H and O–H groups in total. The fourth-order valence-electron chi connectivity index (χ4n) is 2.36. The van der Waals surface area contributed by atoms with Crippen molar-refractivity contribution in [2.75, 3.05) is 3.11 Å². The minimum Gasteiger partial charge on any atom is -0.491 e. The predicted octanol–water partition coefficient (Wildman–Crippen LogP) is 4.16. The molecule has 0 saturated carbocycles. The van der Waals surface area contributed by atoms with Gasteiger partial charge in [-0.1, -0.05) is 18.2 Å². The normalized spacial score (nSPS) is 19.7. The number of nitrogens with zero attached hydrogens (tertiary/aromatic N) is 1. The molecule has 2 nitrogen and oxygen atoms in total. The number of ether oxygens (including phenoxy) is 1. The average molecular weight is 327 g/mol. The van der Waals surface area contributed by atoms with Gasteiger partial charge in [0.25, 0.3) is 0 Å². The quantitative estimate of drug-likeness (QED) is 0.524. The molecule has 0 bridgehead atoms. The molecule has 1 heterocycles. The van der Waals surface area contributed by atoms with E-state index in [1.165, 1.54) is 35.5 Å². The Balaban J connectivity index is 2.05. The molecule has 16 heavy (non-hydrogen) atoms. The van der Waals surface area contributed by atoms with Gasteiger partial charge in [0.1, 0.15) is 12.4 Å². The molecule has 84 valence electrons. The van der Waals surface area contributed by atoms with E-state index in [0.29, 0.717) is 6.61 Å². The molecule has 3 rings (SSSR count). The van der Waals surface area contributed by atoms with Crippen LogP contribution in [0.1, 0.15) is 31.2 Å². The van der Waals surface area contributed by atoms with Crippen LogP contribution in [0.5, 0.6) is 0 Å². The third-order valence-corrected chi connectivity index (χ3v) is 4.33. The van der Waals surface area contributed by atoms with Crippen molar-refractivity contribution in [1.82, 2.24) is 0 Å². The maximum atomic E-state index is 5.94. The molecular formula is C13H14INO. The molecule has 1 aromatic rings. The van der Waals surface area contributed by atoms with Gasteiger partial charge in [-0.15, -0.1) is 0 Å². The van der Waals surface area contributed by atoms with Gasteiger partial charge in [-0.25, -0.2) is 0 Å². The maximum Gasteiger partial charge on any atom is 0.117 e. The smallest absolute Gasteiger partial charge is 0.117 e. The zero-order valence-electron chi connectivity index (χ0n) is 9.08. The first-order chi connectivity index (χ1) is 7.86. The van der Waals surface area contributed by atoms with E-state index in [0.717, 1.165) is 12.8 Å². The summed E-state index contributed by atoms with van der Waals surface area (Å²) in [7, 11) is 0. The molecule has 0 spiro atoms. The second-order valence-electron chi connectivity index (χ2n) is 4.28. The van der Waals surface area contributed by atoms with Crippen LogP contribution in [0.2, 0.25) is 0 Å². The minimum atomic E-state index is 0.717. The molecule has 0 atom stereocenters. The van der Waals surface area contributed by atoms with Crippen LogP contribution in [0, 0.1) is 0 Å². The highest BCUT2D eigenvalue weighted by atomic mass is 127. The van der Waals surface area contributed by atoms with Gasteiger partial charge < -0.3 is 4.74 Å². The van der Waals surface area contributed by atoms with Crippen LogP contribution in [0.3, 0.4) is 0 Å². The molecule has 1 aliphatic carbocycles. The van der Waals surface area contributed by atoms with Crippen molar-refractivity contribution in [3.63, 3.8) is 0 Å². The van der Waals surface area contributed by atoms with Gasteiger partial charge >= 0.3 is 0 Å². The summed E-state index contributed by atoms with van der Waals surface area (Å²) < 4.78 is 8.22. The molecule has 0 fully saturated rings. The van der Waals surface area contributed by atoms with Crippen LogP contribution in [0.15, 0.2) is 35.7 Å². The maximum absolute atomic E-state index is 5.94. The molecule has 2 aliphatic rings. The number of halogens is 1. The Bertz CT molecular complexity index is 441. The average Bonchev–Trinajstić information content (AvgIpc) is 2.49. The van der Waals surface area contributed by atoms with Gasteiger partial charge in [0.05, 0.1) is 34.2 Å². The number of allylic oxidation sites excluding steroid dienone is 2. The Labute approximate surface area is 110 Å². The number of rotatable bonds is 0. The summed E-state index contributed by atoms with van der Waals surface area (Å²) in [5, 5.41) is 0. The SMILES string of the molecule is IN1C2=C(CCCC2)OCc2ccccc21. The van der Waals surface area contributed by atoms with Crippen LogP contribution in [0.4, 0.5) is 5.69 Å². The van der Waals surface area contributed by atoms with E-state index in [4.69, 9.17) is 4.74 Å². The molecule has 0 aromatic heterocycles. The lowest BCUT2D eigenvalue weighted by molar-refractivity contribution is 0.181. The molecule has 1 aliphatic heterocycles. The molecular weight excluding hydrogens is 313 g/mol. The predicted molar refractivity (Wildman–Crippen MR) is 73.2 cm³/mol. The Morgan fingerprint density at radius 2 is 1.94 bits per heavy atom. The third kappa shape index (κ3) is 1.71. The summed E-state index contributed by atoms with van der Waals surface area (Å²) in [6.07, 6.45) is 4.79. The number of anilines is 1. The van der Waals surface area contributed by atoms with Crippen molar-refractivity contribution in [3.05, 3.63) is 41.3 Å². The standard InChI is InChI=1S/C13H14INO/c14-15-11-6-2-1-5-10(11)9-16-13-8-4-3-7-12(13)15/h1-2,5-6H,3-4,7-9H2. The molecule has 0 amide bonds. The number of fused-ring (bicyclic) bond motifs is 1. The topological polar surface area (TPSA) is 12.5 Å². The second-order valence-corrected chi connectivity index (χ2v) is 5.24. The van der Waals surface area contributed by atoms with Crippen molar-refractivity contribution in [3.8, 4) is 0 Å². The third-order valence-electron chi connectivity index (χ3n) is 3.23. The van der Waals surface area contributed by atoms with Crippen LogP contribution in [0.25, 0.3) is 0 Å². The molecule has 0 radical (unpaired) electrons. The minimum absolute atomic E-state index is 0.717. The fraction of sp³-hybridized carbons (Fsp3) is 0.385. The Hall–Kier alpha value is -0.710. The lowest BCUT2D eigenvalue weighted by Gasteiger charge is -2.24. The van der Waals surface area contributed by atoms with Crippen molar-refractivity contribution in [2.45, 2.75) is 32.3 Å². The zero-order valence-corrected chi connectivity index (χ0v) is 11.2. The molecule has 3 heteroatoms. The second kappa shape index (κ2) is 4.28. The first kappa shape index (κ1) is 10.4. The lowest BCUT2D eigenvalue weighted by atomic mass is 10.0. The van der Waals surface area contributed by atoms with E-state index in [2.05, 4.69) is 50.2 Å². The van der Waals surface area contributed by atoms with Crippen LogP contribution in [-0.4, -0.2) is 0 Å². The monoisotopic (exact) mass is 327 g/mol. The van der Waals surface area contributed by atoms with Gasteiger partial charge in [-0.3, -0.25) is 3.11 Å². The highest BCUT2D eigenvalue weighted by molar-refractivity contribution is 14.1. The van der Waals surface area contributed by atoms with Gasteiger partial charge in [-0.05, 0) is 25.3 Å². The van der Waals surface area contributed by atoms with E-state index in [-0.39, 0.29) is 0 Å². The van der Waals surface area contributed by atoms with Crippen LogP contribution >= 0.6 is 22.9 Å². The van der Waals surface area contributed by atoms with E-state index in [1.807, 2.05) is 0 Å². The van der Waals surface area contributed by atoms with E-state index >= 15 is 0 Å². The summed E-state index contributed by atoms with van der Waals surface area (Å²) in [4.78, 5) is 0. The Morgan fingerprint density at radius 1 is 1.12 bits per heavy atom. The number of hydrogen-bond donors (Lipinski definition) is 0. The first-order valence-corrected chi connectivity index (χ1v) is 6.71. The van der Waals surface area contributed by atoms with Crippen molar-refractivity contribution >= 4 is 28.6 Å². The largest absolute Gasteiger partial charge is 0.491 e. The molecule has 0 saturated heterocycles. The van der Waals surface area contributed by atoms with Crippen LogP contribution < -0.4 is 3.11 Å². The summed E-state index contributed by atoms with van der Waals surface area (Å²) in [6.45, 7) is 0.717. The highest BCUT2D eigenvalue weighted by Gasteiger charge is 2.24. The van der Waals surface area contributed by atoms with Gasteiger partial charge in [0.15, 0.2) is 0 Å². The van der Waals surface area contributed by atoms with E-state index < -0.39 is 0 Å². The highest BCUT2D eigenvalue weighted by Crippen LogP contribution is 2.38. The fourth-order valence-corrected chi connectivity index (χ4v) is 3.34. The Kier molecular flexibility index (Phi) is 2.79. The molecule has 0 unspecified atom stereocenters. The van der Waals surface area contributed by atoms with Crippen molar-refractivity contribution in [1.29, 1.82) is 0 Å². The lowest BCUT2D eigenvalue weighted by Crippen LogP contribution is -2.14. The summed E-state index contributed by atoms with van der Waals surface area (Å²) >= 11 is 2.40. The zero-order chi connectivity index (χ0) is 11.0. The molecule has 1 aromatic carbocycles. The van der Waals surface area contributed by atoms with Crippen LogP contribution in [-0.2, 0) is 11.3 Å². The number of benzene rings is 1.